The zero-order valence-corrected chi connectivity index (χ0v) is 11.1. The molecule has 6 nitrogen and oxygen atoms in total. The smallest absolute Gasteiger partial charge is 0.305 e. The van der Waals surface area contributed by atoms with Gasteiger partial charge >= 0.3 is 5.97 Å². The van der Waals surface area contributed by atoms with Gasteiger partial charge in [0.15, 0.2) is 5.13 Å². The van der Waals surface area contributed by atoms with Gasteiger partial charge in [-0.1, -0.05) is 11.3 Å². The average molecular weight is 279 g/mol. The van der Waals surface area contributed by atoms with Crippen molar-refractivity contribution in [1.29, 1.82) is 0 Å². The minimum absolute atomic E-state index is 0.0892. The summed E-state index contributed by atoms with van der Waals surface area (Å²) < 4.78 is 1.83. The molecule has 2 N–H and O–H groups in total. The largest absolute Gasteiger partial charge is 0.481 e. The third kappa shape index (κ3) is 3.19. The lowest BCUT2D eigenvalue weighted by molar-refractivity contribution is -0.136. The molecule has 100 valence electrons. The van der Waals surface area contributed by atoms with Gasteiger partial charge in [-0.3, -0.25) is 9.59 Å². The number of thiazole rings is 1. The Labute approximate surface area is 113 Å². The maximum Gasteiger partial charge on any atom is 0.305 e. The molecule has 0 aliphatic heterocycles. The quantitative estimate of drug-likeness (QED) is 0.867. The molecule has 0 aliphatic carbocycles. The van der Waals surface area contributed by atoms with Crippen molar-refractivity contribution in [1.82, 2.24) is 14.9 Å². The Morgan fingerprint density at radius 3 is 2.74 bits per heavy atom. The molecule has 2 rings (SSSR count). The molecule has 0 bridgehead atoms. The molecule has 1 amide bonds. The molecule has 0 saturated carbocycles. The van der Waals surface area contributed by atoms with Gasteiger partial charge in [0.1, 0.15) is 4.88 Å². The second-order valence-corrected chi connectivity index (χ2v) is 4.88. The van der Waals surface area contributed by atoms with E-state index in [2.05, 4.69) is 10.3 Å². The lowest BCUT2D eigenvalue weighted by atomic mass is 10.3. The monoisotopic (exact) mass is 279 g/mol. The van der Waals surface area contributed by atoms with Crippen LogP contribution in [0, 0.1) is 6.92 Å². The molecule has 2 heterocycles. The molecule has 2 aromatic heterocycles. The number of carbonyl (C=O) groups is 2. The molecular formula is C12H13N3O3S. The number of carboxylic acids is 1. The fourth-order valence-corrected chi connectivity index (χ4v) is 2.48. The number of hydrogen-bond donors (Lipinski definition) is 2. The summed E-state index contributed by atoms with van der Waals surface area (Å²) in [6.45, 7) is 1.87. The van der Waals surface area contributed by atoms with Gasteiger partial charge in [0, 0.05) is 18.9 Å². The van der Waals surface area contributed by atoms with Crippen molar-refractivity contribution in [3.8, 4) is 5.13 Å². The fraction of sp³-hybridized carbons (Fsp3) is 0.250. The van der Waals surface area contributed by atoms with Gasteiger partial charge in [0.25, 0.3) is 5.91 Å². The summed E-state index contributed by atoms with van der Waals surface area (Å²) in [7, 11) is 0. The Balaban J connectivity index is 2.08. The van der Waals surface area contributed by atoms with Gasteiger partial charge in [-0.15, -0.1) is 0 Å². The first kappa shape index (κ1) is 13.3. The number of carbonyl (C=O) groups excluding carboxylic acids is 1. The van der Waals surface area contributed by atoms with E-state index in [1.165, 1.54) is 11.3 Å². The Morgan fingerprint density at radius 2 is 2.11 bits per heavy atom. The van der Waals surface area contributed by atoms with Gasteiger partial charge in [-0.25, -0.2) is 4.98 Å². The molecule has 0 saturated heterocycles. The van der Waals surface area contributed by atoms with Crippen LogP contribution >= 0.6 is 11.3 Å². The van der Waals surface area contributed by atoms with Crippen molar-refractivity contribution in [2.75, 3.05) is 6.54 Å². The number of aryl methyl sites for hydroxylation is 1. The first-order valence-electron chi connectivity index (χ1n) is 5.68. The minimum Gasteiger partial charge on any atom is -0.481 e. The van der Waals surface area contributed by atoms with E-state index in [-0.39, 0.29) is 18.9 Å². The number of carboxylic acid groups (broad SMARTS) is 1. The normalized spacial score (nSPS) is 10.4. The summed E-state index contributed by atoms with van der Waals surface area (Å²) in [5, 5.41) is 11.8. The topological polar surface area (TPSA) is 84.2 Å². The number of amides is 1. The van der Waals surface area contributed by atoms with Crippen LogP contribution in [0.1, 0.15) is 21.8 Å². The summed E-state index contributed by atoms with van der Waals surface area (Å²) in [5.41, 5.74) is 0.640. The lowest BCUT2D eigenvalue weighted by Crippen LogP contribution is -2.25. The first-order valence-corrected chi connectivity index (χ1v) is 6.50. The summed E-state index contributed by atoms with van der Waals surface area (Å²) in [5.74, 6) is -1.22. The molecule has 2 aromatic rings. The van der Waals surface area contributed by atoms with Crippen molar-refractivity contribution in [3.05, 3.63) is 35.1 Å². The fourth-order valence-electron chi connectivity index (χ4n) is 1.53. The van der Waals surface area contributed by atoms with Crippen LogP contribution in [0.15, 0.2) is 24.5 Å². The predicted octanol–water partition coefficient (Wildman–Crippen LogP) is 1.45. The highest BCUT2D eigenvalue weighted by Crippen LogP contribution is 2.21. The first-order chi connectivity index (χ1) is 9.08. The second-order valence-electron chi connectivity index (χ2n) is 3.90. The van der Waals surface area contributed by atoms with Crippen LogP contribution in [0.2, 0.25) is 0 Å². The molecule has 0 aromatic carbocycles. The molecule has 0 aliphatic rings. The van der Waals surface area contributed by atoms with E-state index in [1.54, 1.807) is 6.92 Å². The van der Waals surface area contributed by atoms with E-state index in [1.807, 2.05) is 29.1 Å². The Bertz CT molecular complexity index is 589. The standard InChI is InChI=1S/C12H13N3O3S/c1-8-10(11(18)13-5-4-9(16)17)19-12(14-8)15-6-2-3-7-15/h2-3,6-7H,4-5H2,1H3,(H,13,18)(H,16,17). The highest BCUT2D eigenvalue weighted by molar-refractivity contribution is 7.16. The maximum atomic E-state index is 11.9. The average Bonchev–Trinajstić information content (AvgIpc) is 2.96. The third-order valence-electron chi connectivity index (χ3n) is 2.44. The predicted molar refractivity (Wildman–Crippen MR) is 70.8 cm³/mol. The van der Waals surface area contributed by atoms with Gasteiger partial charge < -0.3 is 15.0 Å². The second kappa shape index (κ2) is 5.66. The molecule has 19 heavy (non-hydrogen) atoms. The van der Waals surface area contributed by atoms with E-state index in [0.717, 1.165) is 0 Å². The third-order valence-corrected chi connectivity index (χ3v) is 3.61. The highest BCUT2D eigenvalue weighted by Gasteiger charge is 2.15. The number of hydrogen-bond acceptors (Lipinski definition) is 4. The Kier molecular flexibility index (Phi) is 3.96. The van der Waals surface area contributed by atoms with Crippen LogP contribution in [-0.2, 0) is 4.79 Å². The van der Waals surface area contributed by atoms with E-state index >= 15 is 0 Å². The number of aliphatic carboxylic acids is 1. The van der Waals surface area contributed by atoms with E-state index < -0.39 is 5.97 Å². The van der Waals surface area contributed by atoms with Crippen LogP contribution in [0.3, 0.4) is 0 Å². The van der Waals surface area contributed by atoms with Gasteiger partial charge in [0.2, 0.25) is 0 Å². The number of rotatable bonds is 5. The van der Waals surface area contributed by atoms with E-state index in [0.29, 0.717) is 15.7 Å². The molecule has 7 heteroatoms. The zero-order chi connectivity index (χ0) is 13.8. The number of nitrogens with zero attached hydrogens (tertiary/aromatic N) is 2. The van der Waals surface area contributed by atoms with Crippen LogP contribution in [0.25, 0.3) is 5.13 Å². The molecule has 0 spiro atoms. The van der Waals surface area contributed by atoms with Crippen molar-refractivity contribution in [2.45, 2.75) is 13.3 Å². The highest BCUT2D eigenvalue weighted by atomic mass is 32.1. The van der Waals surface area contributed by atoms with Crippen LogP contribution < -0.4 is 5.32 Å². The Morgan fingerprint density at radius 1 is 1.42 bits per heavy atom. The van der Waals surface area contributed by atoms with Crippen LogP contribution in [-0.4, -0.2) is 33.1 Å². The summed E-state index contributed by atoms with van der Waals surface area (Å²) >= 11 is 1.28. The summed E-state index contributed by atoms with van der Waals surface area (Å²) in [4.78, 5) is 27.1. The van der Waals surface area contributed by atoms with Gasteiger partial charge in [0.05, 0.1) is 12.1 Å². The van der Waals surface area contributed by atoms with Crippen molar-refractivity contribution >= 4 is 23.2 Å². The lowest BCUT2D eigenvalue weighted by Gasteiger charge is -2.00. The molecular weight excluding hydrogens is 266 g/mol. The SMILES string of the molecule is Cc1nc(-n2cccc2)sc1C(=O)NCCC(=O)O. The minimum atomic E-state index is -0.936. The van der Waals surface area contributed by atoms with Crippen molar-refractivity contribution in [3.63, 3.8) is 0 Å². The Hall–Kier alpha value is -2.15. The van der Waals surface area contributed by atoms with Gasteiger partial charge in [-0.05, 0) is 19.1 Å². The number of aromatic nitrogens is 2. The summed E-state index contributed by atoms with van der Waals surface area (Å²) in [6, 6.07) is 3.76. The molecule has 0 unspecified atom stereocenters. The van der Waals surface area contributed by atoms with E-state index in [4.69, 9.17) is 5.11 Å². The zero-order valence-electron chi connectivity index (χ0n) is 10.3. The molecule has 0 fully saturated rings. The summed E-state index contributed by atoms with van der Waals surface area (Å²) in [6.07, 6.45) is 3.61. The van der Waals surface area contributed by atoms with Crippen LogP contribution in [0.4, 0.5) is 0 Å². The maximum absolute atomic E-state index is 11.9. The molecule has 0 atom stereocenters. The molecule has 0 radical (unpaired) electrons. The van der Waals surface area contributed by atoms with Crippen molar-refractivity contribution in [2.24, 2.45) is 0 Å². The van der Waals surface area contributed by atoms with Crippen molar-refractivity contribution < 1.29 is 14.7 Å². The van der Waals surface area contributed by atoms with E-state index in [9.17, 15) is 9.59 Å². The van der Waals surface area contributed by atoms with Crippen LogP contribution in [0.5, 0.6) is 0 Å². The van der Waals surface area contributed by atoms with Gasteiger partial charge in [-0.2, -0.15) is 0 Å². The number of nitrogens with one attached hydrogen (secondary N) is 1.